The molecule has 0 aromatic carbocycles. The topological polar surface area (TPSA) is 9.23 Å². The zero-order valence-electron chi connectivity index (χ0n) is 9.10. The lowest BCUT2D eigenvalue weighted by molar-refractivity contribution is 0.0613. The van der Waals surface area contributed by atoms with Gasteiger partial charge in [-0.25, -0.2) is 0 Å². The first kappa shape index (κ1) is 10.8. The van der Waals surface area contributed by atoms with Gasteiger partial charge in [-0.3, -0.25) is 0 Å². The minimum absolute atomic E-state index is 0.302. The molecule has 2 heteroatoms. The summed E-state index contributed by atoms with van der Waals surface area (Å²) in [6.07, 6.45) is 8.56. The van der Waals surface area contributed by atoms with Crippen molar-refractivity contribution in [1.29, 1.82) is 0 Å². The number of alkyl halides is 1. The smallest absolute Gasteiger partial charge is 0.0615 e. The molecule has 1 saturated heterocycles. The van der Waals surface area contributed by atoms with Gasteiger partial charge in [0.05, 0.1) is 6.10 Å². The molecule has 1 aliphatic heterocycles. The molecule has 1 heterocycles. The van der Waals surface area contributed by atoms with E-state index in [-0.39, 0.29) is 0 Å². The lowest BCUT2D eigenvalue weighted by Gasteiger charge is -2.32. The Balaban J connectivity index is 1.97. The number of hydrogen-bond donors (Lipinski definition) is 0. The minimum atomic E-state index is 0.302. The highest BCUT2D eigenvalue weighted by atomic mass is 35.5. The van der Waals surface area contributed by atoms with E-state index in [1.807, 2.05) is 0 Å². The largest absolute Gasteiger partial charge is 0.378 e. The molecular weight excluding hydrogens is 196 g/mol. The maximum absolute atomic E-state index is 6.16. The molecule has 0 amide bonds. The van der Waals surface area contributed by atoms with Crippen LogP contribution in [0.25, 0.3) is 0 Å². The second kappa shape index (κ2) is 4.40. The lowest BCUT2D eigenvalue weighted by Crippen LogP contribution is -2.32. The fourth-order valence-electron chi connectivity index (χ4n) is 3.11. The molecule has 2 rings (SSSR count). The Hall–Kier alpha value is 0.250. The van der Waals surface area contributed by atoms with Crippen LogP contribution in [0.5, 0.6) is 0 Å². The van der Waals surface area contributed by atoms with Crippen molar-refractivity contribution in [3.05, 3.63) is 0 Å². The van der Waals surface area contributed by atoms with E-state index in [1.54, 1.807) is 0 Å². The van der Waals surface area contributed by atoms with Crippen LogP contribution >= 0.6 is 11.6 Å². The minimum Gasteiger partial charge on any atom is -0.378 e. The van der Waals surface area contributed by atoms with Crippen LogP contribution in [-0.2, 0) is 4.74 Å². The van der Waals surface area contributed by atoms with Gasteiger partial charge in [0, 0.05) is 17.9 Å². The molecule has 2 atom stereocenters. The summed E-state index contributed by atoms with van der Waals surface area (Å²) in [7, 11) is 0. The first-order valence-electron chi connectivity index (χ1n) is 5.94. The molecule has 0 aromatic rings. The molecule has 1 aliphatic carbocycles. The molecule has 1 saturated carbocycles. The second-order valence-corrected chi connectivity index (χ2v) is 5.38. The van der Waals surface area contributed by atoms with Gasteiger partial charge in [0.15, 0.2) is 0 Å². The summed E-state index contributed by atoms with van der Waals surface area (Å²) in [5.74, 6) is 1.71. The van der Waals surface area contributed by atoms with E-state index in [0.29, 0.717) is 11.5 Å². The second-order valence-electron chi connectivity index (χ2n) is 5.11. The van der Waals surface area contributed by atoms with Crippen LogP contribution in [0.3, 0.4) is 0 Å². The first-order chi connectivity index (χ1) is 6.77. The van der Waals surface area contributed by atoms with E-state index in [2.05, 4.69) is 6.92 Å². The van der Waals surface area contributed by atoms with Crippen LogP contribution in [0.4, 0.5) is 0 Å². The van der Waals surface area contributed by atoms with Gasteiger partial charge in [0.1, 0.15) is 0 Å². The first-order valence-corrected chi connectivity index (χ1v) is 6.48. The van der Waals surface area contributed by atoms with Gasteiger partial charge in [-0.1, -0.05) is 25.7 Å². The summed E-state index contributed by atoms with van der Waals surface area (Å²) in [6, 6.07) is 0. The summed E-state index contributed by atoms with van der Waals surface area (Å²) in [5, 5.41) is 0. The van der Waals surface area contributed by atoms with Crippen molar-refractivity contribution in [3.8, 4) is 0 Å². The van der Waals surface area contributed by atoms with Crippen molar-refractivity contribution in [2.75, 3.05) is 12.5 Å². The standard InChI is InChI=1S/C12H21ClO/c1-10-12(9-13,6-7-14-10)8-11-4-2-3-5-11/h10-11H,2-9H2,1H3. The van der Waals surface area contributed by atoms with Crippen molar-refractivity contribution in [2.45, 2.75) is 51.6 Å². The molecular formula is C12H21ClO. The molecule has 2 aliphatic rings. The highest BCUT2D eigenvalue weighted by molar-refractivity contribution is 6.18. The van der Waals surface area contributed by atoms with Gasteiger partial charge < -0.3 is 4.74 Å². The quantitative estimate of drug-likeness (QED) is 0.655. The zero-order valence-corrected chi connectivity index (χ0v) is 9.85. The molecule has 0 N–H and O–H groups in total. The van der Waals surface area contributed by atoms with E-state index < -0.39 is 0 Å². The summed E-state index contributed by atoms with van der Waals surface area (Å²) >= 11 is 6.16. The third kappa shape index (κ3) is 1.94. The van der Waals surface area contributed by atoms with Crippen molar-refractivity contribution in [3.63, 3.8) is 0 Å². The molecule has 1 nitrogen and oxygen atoms in total. The van der Waals surface area contributed by atoms with E-state index in [9.17, 15) is 0 Å². The Morgan fingerprint density at radius 2 is 2.07 bits per heavy atom. The highest BCUT2D eigenvalue weighted by Gasteiger charge is 2.42. The molecule has 0 radical (unpaired) electrons. The van der Waals surface area contributed by atoms with E-state index >= 15 is 0 Å². The van der Waals surface area contributed by atoms with Gasteiger partial charge in [-0.2, -0.15) is 0 Å². The van der Waals surface area contributed by atoms with Crippen molar-refractivity contribution in [1.82, 2.24) is 0 Å². The summed E-state index contributed by atoms with van der Waals surface area (Å²) in [5.41, 5.74) is 0.302. The Labute approximate surface area is 92.2 Å². The normalized spacial score (nSPS) is 39.4. The predicted octanol–water partition coefficient (Wildman–Crippen LogP) is 3.60. The maximum atomic E-state index is 6.16. The van der Waals surface area contributed by atoms with Crippen molar-refractivity contribution in [2.24, 2.45) is 11.3 Å². The maximum Gasteiger partial charge on any atom is 0.0615 e. The Morgan fingerprint density at radius 1 is 1.36 bits per heavy atom. The lowest BCUT2D eigenvalue weighted by atomic mass is 9.75. The summed E-state index contributed by atoms with van der Waals surface area (Å²) in [6.45, 7) is 3.12. The molecule has 0 spiro atoms. The molecule has 82 valence electrons. The highest BCUT2D eigenvalue weighted by Crippen LogP contribution is 2.45. The van der Waals surface area contributed by atoms with Crippen LogP contribution in [0.1, 0.15) is 45.4 Å². The SMILES string of the molecule is CC1OCCC1(CCl)CC1CCCC1. The van der Waals surface area contributed by atoms with Crippen LogP contribution < -0.4 is 0 Å². The number of hydrogen-bond acceptors (Lipinski definition) is 1. The van der Waals surface area contributed by atoms with Gasteiger partial charge in [0.2, 0.25) is 0 Å². The predicted molar refractivity (Wildman–Crippen MR) is 59.8 cm³/mol. The zero-order chi connectivity index (χ0) is 10.0. The Morgan fingerprint density at radius 3 is 2.57 bits per heavy atom. The summed E-state index contributed by atoms with van der Waals surface area (Å²) in [4.78, 5) is 0. The molecule has 2 fully saturated rings. The van der Waals surface area contributed by atoms with Gasteiger partial charge in [0.25, 0.3) is 0 Å². The number of halogens is 1. The van der Waals surface area contributed by atoms with Gasteiger partial charge in [-0.05, 0) is 25.7 Å². The number of ether oxygens (including phenoxy) is 1. The Kier molecular flexibility index (Phi) is 3.38. The van der Waals surface area contributed by atoms with E-state index in [1.165, 1.54) is 38.5 Å². The van der Waals surface area contributed by atoms with E-state index in [0.717, 1.165) is 18.4 Å². The Bertz CT molecular complexity index is 189. The average Bonchev–Trinajstić information content (AvgIpc) is 2.79. The molecule has 0 aromatic heterocycles. The van der Waals surface area contributed by atoms with Crippen LogP contribution in [0, 0.1) is 11.3 Å². The monoisotopic (exact) mass is 216 g/mol. The fraction of sp³-hybridized carbons (Fsp3) is 1.00. The third-order valence-corrected chi connectivity index (χ3v) is 4.80. The summed E-state index contributed by atoms with van der Waals surface area (Å²) < 4.78 is 5.69. The van der Waals surface area contributed by atoms with Gasteiger partial charge >= 0.3 is 0 Å². The van der Waals surface area contributed by atoms with Crippen molar-refractivity contribution >= 4 is 11.6 Å². The van der Waals surface area contributed by atoms with Crippen LogP contribution in [0.15, 0.2) is 0 Å². The molecule has 14 heavy (non-hydrogen) atoms. The molecule has 2 unspecified atom stereocenters. The fourth-order valence-corrected chi connectivity index (χ4v) is 3.57. The van der Waals surface area contributed by atoms with Gasteiger partial charge in [-0.15, -0.1) is 11.6 Å². The molecule has 0 bridgehead atoms. The third-order valence-electron chi connectivity index (χ3n) is 4.27. The van der Waals surface area contributed by atoms with E-state index in [4.69, 9.17) is 16.3 Å². The average molecular weight is 217 g/mol. The number of rotatable bonds is 3. The van der Waals surface area contributed by atoms with Crippen LogP contribution in [-0.4, -0.2) is 18.6 Å². The van der Waals surface area contributed by atoms with Crippen LogP contribution in [0.2, 0.25) is 0 Å². The van der Waals surface area contributed by atoms with Crippen molar-refractivity contribution < 1.29 is 4.74 Å².